The van der Waals surface area contributed by atoms with Crippen molar-refractivity contribution in [1.29, 1.82) is 0 Å². The molecular formula is C17H16ClN3OS. The summed E-state index contributed by atoms with van der Waals surface area (Å²) in [5.74, 6) is 1.74. The Balaban J connectivity index is 1.43. The van der Waals surface area contributed by atoms with Crippen LogP contribution in [0.1, 0.15) is 23.8 Å². The molecule has 0 amide bonds. The Morgan fingerprint density at radius 1 is 1.26 bits per heavy atom. The summed E-state index contributed by atoms with van der Waals surface area (Å²) in [6, 6.07) is 12.0. The molecule has 2 aromatic heterocycles. The average molecular weight is 346 g/mol. The summed E-state index contributed by atoms with van der Waals surface area (Å²) in [5.41, 5.74) is 1.17. The maximum atomic E-state index is 6.25. The van der Waals surface area contributed by atoms with E-state index in [-0.39, 0.29) is 0 Å². The fraction of sp³-hybridized carbons (Fsp3) is 0.294. The lowest BCUT2D eigenvalue weighted by Crippen LogP contribution is -2.20. The van der Waals surface area contributed by atoms with E-state index in [2.05, 4.69) is 21.1 Å². The summed E-state index contributed by atoms with van der Waals surface area (Å²) < 4.78 is 5.49. The lowest BCUT2D eigenvalue weighted by molar-refractivity contribution is 0.309. The van der Waals surface area contributed by atoms with Gasteiger partial charge in [0.15, 0.2) is 0 Å². The Kier molecular flexibility index (Phi) is 4.16. The monoisotopic (exact) mass is 345 g/mol. The van der Waals surface area contributed by atoms with Gasteiger partial charge in [0.2, 0.25) is 11.7 Å². The summed E-state index contributed by atoms with van der Waals surface area (Å²) >= 11 is 7.88. The Hall–Kier alpha value is -1.69. The Bertz CT molecular complexity index is 787. The minimum atomic E-state index is 0.304. The van der Waals surface area contributed by atoms with E-state index in [0.717, 1.165) is 41.8 Å². The van der Waals surface area contributed by atoms with E-state index in [4.69, 9.17) is 16.1 Å². The zero-order valence-corrected chi connectivity index (χ0v) is 14.1. The minimum Gasteiger partial charge on any atom is -0.339 e. The lowest BCUT2D eigenvalue weighted by atomic mass is 10.1. The maximum absolute atomic E-state index is 6.25. The van der Waals surface area contributed by atoms with Crippen molar-refractivity contribution < 1.29 is 4.52 Å². The van der Waals surface area contributed by atoms with Crippen molar-refractivity contribution in [2.24, 2.45) is 0 Å². The van der Waals surface area contributed by atoms with Crippen molar-refractivity contribution in [2.75, 3.05) is 13.1 Å². The molecule has 1 aliphatic rings. The zero-order chi connectivity index (χ0) is 15.6. The number of benzene rings is 1. The molecule has 1 aliphatic heterocycles. The molecule has 0 spiro atoms. The second kappa shape index (κ2) is 6.43. The number of nitrogens with zero attached hydrogens (tertiary/aromatic N) is 3. The quantitative estimate of drug-likeness (QED) is 0.701. The van der Waals surface area contributed by atoms with Crippen molar-refractivity contribution in [3.05, 3.63) is 58.3 Å². The van der Waals surface area contributed by atoms with Gasteiger partial charge in [0, 0.05) is 18.1 Å². The van der Waals surface area contributed by atoms with Gasteiger partial charge < -0.3 is 4.52 Å². The van der Waals surface area contributed by atoms with E-state index in [1.54, 1.807) is 11.3 Å². The number of hydrogen-bond acceptors (Lipinski definition) is 5. The molecule has 0 aliphatic carbocycles. The second-order valence-corrected chi connectivity index (χ2v) is 7.10. The SMILES string of the molecule is Clc1ccccc1CN1CCC(c2nc(-c3cccs3)no2)C1. The largest absolute Gasteiger partial charge is 0.339 e. The van der Waals surface area contributed by atoms with Crippen LogP contribution >= 0.6 is 22.9 Å². The predicted octanol–water partition coefficient (Wildman–Crippen LogP) is 4.44. The Labute approximate surface area is 143 Å². The molecule has 4 nitrogen and oxygen atoms in total. The first-order chi connectivity index (χ1) is 11.3. The molecule has 0 bridgehead atoms. The normalized spacial score (nSPS) is 18.6. The van der Waals surface area contributed by atoms with Crippen LogP contribution in [0.5, 0.6) is 0 Å². The summed E-state index contributed by atoms with van der Waals surface area (Å²) in [4.78, 5) is 8.01. The van der Waals surface area contributed by atoms with E-state index in [9.17, 15) is 0 Å². The first-order valence-corrected chi connectivity index (χ1v) is 8.88. The molecule has 1 aromatic carbocycles. The molecule has 1 fully saturated rings. The highest BCUT2D eigenvalue weighted by Gasteiger charge is 2.28. The van der Waals surface area contributed by atoms with Crippen molar-refractivity contribution in [3.8, 4) is 10.7 Å². The molecule has 1 unspecified atom stereocenters. The second-order valence-electron chi connectivity index (χ2n) is 5.75. The van der Waals surface area contributed by atoms with Crippen molar-refractivity contribution in [3.63, 3.8) is 0 Å². The molecule has 6 heteroatoms. The van der Waals surface area contributed by atoms with Crippen LogP contribution in [0, 0.1) is 0 Å². The third-order valence-electron chi connectivity index (χ3n) is 4.16. The molecule has 0 radical (unpaired) electrons. The number of aromatic nitrogens is 2. The third kappa shape index (κ3) is 3.17. The smallest absolute Gasteiger partial charge is 0.231 e. The van der Waals surface area contributed by atoms with E-state index < -0.39 is 0 Å². The van der Waals surface area contributed by atoms with Gasteiger partial charge in [-0.05, 0) is 36.0 Å². The molecule has 1 atom stereocenters. The molecule has 3 aromatic rings. The lowest BCUT2D eigenvalue weighted by Gasteiger charge is -2.16. The van der Waals surface area contributed by atoms with Crippen molar-refractivity contribution >= 4 is 22.9 Å². The van der Waals surface area contributed by atoms with Gasteiger partial charge in [-0.2, -0.15) is 4.98 Å². The van der Waals surface area contributed by atoms with Crippen LogP contribution in [0.15, 0.2) is 46.3 Å². The van der Waals surface area contributed by atoms with Gasteiger partial charge in [0.25, 0.3) is 0 Å². The van der Waals surface area contributed by atoms with Crippen molar-refractivity contribution in [1.82, 2.24) is 15.0 Å². The van der Waals surface area contributed by atoms with Crippen LogP contribution in [-0.4, -0.2) is 28.1 Å². The molecular weight excluding hydrogens is 330 g/mol. The number of likely N-dealkylation sites (tertiary alicyclic amines) is 1. The first-order valence-electron chi connectivity index (χ1n) is 7.63. The van der Waals surface area contributed by atoms with Gasteiger partial charge in [-0.3, -0.25) is 4.90 Å². The fourth-order valence-electron chi connectivity index (χ4n) is 2.95. The van der Waals surface area contributed by atoms with Gasteiger partial charge in [0.1, 0.15) is 0 Å². The minimum absolute atomic E-state index is 0.304. The summed E-state index contributed by atoms with van der Waals surface area (Å²) in [5, 5.41) is 6.96. The highest BCUT2D eigenvalue weighted by molar-refractivity contribution is 7.13. The van der Waals surface area contributed by atoms with Crippen LogP contribution in [0.2, 0.25) is 5.02 Å². The van der Waals surface area contributed by atoms with Gasteiger partial charge in [0.05, 0.1) is 10.8 Å². The van der Waals surface area contributed by atoms with Crippen molar-refractivity contribution in [2.45, 2.75) is 18.9 Å². The van der Waals surface area contributed by atoms with Crippen LogP contribution < -0.4 is 0 Å². The molecule has 4 rings (SSSR count). The topological polar surface area (TPSA) is 42.2 Å². The highest BCUT2D eigenvalue weighted by atomic mass is 35.5. The summed E-state index contributed by atoms with van der Waals surface area (Å²) in [7, 11) is 0. The number of hydrogen-bond donors (Lipinski definition) is 0. The number of rotatable bonds is 4. The van der Waals surface area contributed by atoms with Gasteiger partial charge >= 0.3 is 0 Å². The zero-order valence-electron chi connectivity index (χ0n) is 12.5. The molecule has 118 valence electrons. The Morgan fingerprint density at radius 3 is 3.00 bits per heavy atom. The van der Waals surface area contributed by atoms with E-state index in [0.29, 0.717) is 11.7 Å². The van der Waals surface area contributed by atoms with E-state index >= 15 is 0 Å². The molecule has 1 saturated heterocycles. The molecule has 3 heterocycles. The highest BCUT2D eigenvalue weighted by Crippen LogP contribution is 2.30. The van der Waals surface area contributed by atoms with E-state index in [1.807, 2.05) is 35.7 Å². The summed E-state index contributed by atoms with van der Waals surface area (Å²) in [6.45, 7) is 2.81. The molecule has 23 heavy (non-hydrogen) atoms. The van der Waals surface area contributed by atoms with E-state index in [1.165, 1.54) is 5.56 Å². The molecule has 0 saturated carbocycles. The van der Waals surface area contributed by atoms with Gasteiger partial charge in [-0.25, -0.2) is 0 Å². The van der Waals surface area contributed by atoms with Gasteiger partial charge in [-0.15, -0.1) is 11.3 Å². The van der Waals surface area contributed by atoms with Crippen LogP contribution in [0.4, 0.5) is 0 Å². The first kappa shape index (κ1) is 14.9. The average Bonchev–Trinajstić information content (AvgIpc) is 3.30. The predicted molar refractivity (Wildman–Crippen MR) is 91.7 cm³/mol. The number of halogens is 1. The Morgan fingerprint density at radius 2 is 2.17 bits per heavy atom. The molecule has 0 N–H and O–H groups in total. The van der Waals surface area contributed by atoms with Gasteiger partial charge in [-0.1, -0.05) is 41.0 Å². The summed E-state index contributed by atoms with van der Waals surface area (Å²) in [6.07, 6.45) is 1.04. The number of thiophene rings is 1. The van der Waals surface area contributed by atoms with Crippen LogP contribution in [0.25, 0.3) is 10.7 Å². The third-order valence-corrected chi connectivity index (χ3v) is 5.39. The standard InChI is InChI=1S/C17H16ClN3OS/c18-14-5-2-1-4-12(14)10-21-8-7-13(11-21)17-19-16(20-22-17)15-6-3-9-23-15/h1-6,9,13H,7-8,10-11H2. The maximum Gasteiger partial charge on any atom is 0.231 e. The van der Waals surface area contributed by atoms with Crippen LogP contribution in [-0.2, 0) is 6.54 Å². The fourth-order valence-corrected chi connectivity index (χ4v) is 3.80. The van der Waals surface area contributed by atoms with Crippen LogP contribution in [0.3, 0.4) is 0 Å².